The second kappa shape index (κ2) is 11.4. The van der Waals surface area contributed by atoms with Gasteiger partial charge in [-0.2, -0.15) is 0 Å². The van der Waals surface area contributed by atoms with Crippen LogP contribution in [0.3, 0.4) is 0 Å². The molecular weight excluding hydrogens is 489 g/mol. The van der Waals surface area contributed by atoms with E-state index in [1.54, 1.807) is 30.3 Å². The number of hydrogen-bond donors (Lipinski definition) is 1. The van der Waals surface area contributed by atoms with Crippen LogP contribution in [-0.2, 0) is 20.9 Å². The number of methoxy groups -OCH3 is 1. The van der Waals surface area contributed by atoms with Gasteiger partial charge in [-0.1, -0.05) is 29.5 Å². The van der Waals surface area contributed by atoms with Gasteiger partial charge in [0.25, 0.3) is 0 Å². The van der Waals surface area contributed by atoms with Crippen molar-refractivity contribution in [3.05, 3.63) is 84.2 Å². The standard InChI is InChI=1S/C28H28FN5O4/c1-37-22-7-4-6-19(16-22)27(28(36)30-17-23-8-5-15-38-23)34(21-13-11-20(29)12-14-21)26(35)18-33-25-10-3-2-9-24(25)31-32-33/h2-4,6-7,9-14,16,23,27H,5,8,15,17-18H2,1H3,(H,30,36)/t23-,27+/m1/s1. The van der Waals surface area contributed by atoms with Crippen LogP contribution in [-0.4, -0.2) is 53.2 Å². The highest BCUT2D eigenvalue weighted by Gasteiger charge is 2.34. The van der Waals surface area contributed by atoms with E-state index in [-0.39, 0.29) is 12.6 Å². The van der Waals surface area contributed by atoms with Crippen molar-refractivity contribution >= 4 is 28.5 Å². The van der Waals surface area contributed by atoms with Crippen molar-refractivity contribution in [3.8, 4) is 5.75 Å². The van der Waals surface area contributed by atoms with E-state index in [2.05, 4.69) is 15.6 Å². The Morgan fingerprint density at radius 2 is 1.97 bits per heavy atom. The third kappa shape index (κ3) is 5.50. The predicted octanol–water partition coefficient (Wildman–Crippen LogP) is 3.65. The summed E-state index contributed by atoms with van der Waals surface area (Å²) in [7, 11) is 1.53. The van der Waals surface area contributed by atoms with Crippen molar-refractivity contribution in [2.75, 3.05) is 25.2 Å². The quantitative estimate of drug-likeness (QED) is 0.364. The third-order valence-corrected chi connectivity index (χ3v) is 6.52. The second-order valence-electron chi connectivity index (χ2n) is 9.04. The molecule has 1 saturated heterocycles. The number of amides is 2. The Morgan fingerprint density at radius 1 is 1.16 bits per heavy atom. The van der Waals surface area contributed by atoms with Crippen LogP contribution in [0.15, 0.2) is 72.8 Å². The Balaban J connectivity index is 1.54. The number of ether oxygens (including phenoxy) is 2. The first kappa shape index (κ1) is 25.3. The monoisotopic (exact) mass is 517 g/mol. The van der Waals surface area contributed by atoms with Gasteiger partial charge in [0.05, 0.1) is 18.7 Å². The SMILES string of the molecule is COc1cccc([C@@H](C(=O)NC[C@H]2CCCO2)N(C(=O)Cn2nnc3ccccc32)c2ccc(F)cc2)c1. The first-order valence-electron chi connectivity index (χ1n) is 12.4. The van der Waals surface area contributed by atoms with Gasteiger partial charge >= 0.3 is 0 Å². The number of carbonyl (C=O) groups is 2. The van der Waals surface area contributed by atoms with E-state index < -0.39 is 23.7 Å². The summed E-state index contributed by atoms with van der Waals surface area (Å²) in [4.78, 5) is 29.1. The van der Waals surface area contributed by atoms with Crippen LogP contribution in [0, 0.1) is 5.82 Å². The van der Waals surface area contributed by atoms with Crippen molar-refractivity contribution in [2.45, 2.75) is 31.5 Å². The minimum Gasteiger partial charge on any atom is -0.497 e. The van der Waals surface area contributed by atoms with Crippen molar-refractivity contribution < 1.29 is 23.5 Å². The third-order valence-electron chi connectivity index (χ3n) is 6.52. The first-order valence-corrected chi connectivity index (χ1v) is 12.4. The Labute approximate surface area is 219 Å². The van der Waals surface area contributed by atoms with Crippen LogP contribution in [0.2, 0.25) is 0 Å². The number of anilines is 1. The van der Waals surface area contributed by atoms with Crippen LogP contribution in [0.1, 0.15) is 24.4 Å². The van der Waals surface area contributed by atoms with Gasteiger partial charge in [0.1, 0.15) is 29.7 Å². The number of halogens is 1. The number of aromatic nitrogens is 3. The van der Waals surface area contributed by atoms with Crippen LogP contribution < -0.4 is 15.0 Å². The molecule has 1 aliphatic heterocycles. The first-order chi connectivity index (χ1) is 18.5. The molecule has 0 aliphatic carbocycles. The average molecular weight is 518 g/mol. The lowest BCUT2D eigenvalue weighted by Gasteiger charge is -2.32. The Morgan fingerprint density at radius 3 is 2.74 bits per heavy atom. The summed E-state index contributed by atoms with van der Waals surface area (Å²) in [5, 5.41) is 11.2. The summed E-state index contributed by atoms with van der Waals surface area (Å²) < 4.78 is 26.4. The van der Waals surface area contributed by atoms with E-state index in [4.69, 9.17) is 9.47 Å². The zero-order chi connectivity index (χ0) is 26.5. The maximum absolute atomic E-state index is 14.0. The zero-order valence-corrected chi connectivity index (χ0v) is 20.9. The summed E-state index contributed by atoms with van der Waals surface area (Å²) >= 11 is 0. The molecule has 0 radical (unpaired) electrons. The van der Waals surface area contributed by atoms with Gasteiger partial charge in [0, 0.05) is 18.8 Å². The molecule has 0 bridgehead atoms. The van der Waals surface area contributed by atoms with Crippen molar-refractivity contribution in [3.63, 3.8) is 0 Å². The highest BCUT2D eigenvalue weighted by Crippen LogP contribution is 2.31. The molecule has 2 heterocycles. The smallest absolute Gasteiger partial charge is 0.249 e. The fourth-order valence-electron chi connectivity index (χ4n) is 4.62. The summed E-state index contributed by atoms with van der Waals surface area (Å²) in [6.45, 7) is 0.793. The van der Waals surface area contributed by atoms with Crippen molar-refractivity contribution in [1.29, 1.82) is 0 Å². The van der Waals surface area contributed by atoms with Gasteiger partial charge in [-0.15, -0.1) is 5.10 Å². The highest BCUT2D eigenvalue weighted by atomic mass is 19.1. The molecule has 2 amide bonds. The van der Waals surface area contributed by atoms with E-state index in [0.29, 0.717) is 41.2 Å². The van der Waals surface area contributed by atoms with Gasteiger partial charge in [0.2, 0.25) is 11.8 Å². The maximum atomic E-state index is 14.0. The predicted molar refractivity (Wildman–Crippen MR) is 139 cm³/mol. The largest absolute Gasteiger partial charge is 0.497 e. The van der Waals surface area contributed by atoms with E-state index in [1.807, 2.05) is 18.2 Å². The van der Waals surface area contributed by atoms with Crippen molar-refractivity contribution in [1.82, 2.24) is 20.3 Å². The molecule has 0 spiro atoms. The average Bonchev–Trinajstić information content (AvgIpc) is 3.61. The molecule has 1 aromatic heterocycles. The number of carbonyl (C=O) groups excluding carboxylic acids is 2. The van der Waals surface area contributed by atoms with E-state index >= 15 is 0 Å². The van der Waals surface area contributed by atoms with Gasteiger partial charge in [-0.3, -0.25) is 14.5 Å². The fourth-order valence-corrected chi connectivity index (χ4v) is 4.62. The lowest BCUT2D eigenvalue weighted by Crippen LogP contribution is -2.46. The molecule has 10 heteroatoms. The summed E-state index contributed by atoms with van der Waals surface area (Å²) in [5.74, 6) is -0.736. The molecule has 38 heavy (non-hydrogen) atoms. The van der Waals surface area contributed by atoms with E-state index in [1.165, 1.54) is 41.0 Å². The molecule has 9 nitrogen and oxygen atoms in total. The molecule has 5 rings (SSSR count). The maximum Gasteiger partial charge on any atom is 0.249 e. The topological polar surface area (TPSA) is 98.6 Å². The number of hydrogen-bond acceptors (Lipinski definition) is 6. The summed E-state index contributed by atoms with van der Waals surface area (Å²) in [6, 6.07) is 18.7. The lowest BCUT2D eigenvalue weighted by atomic mass is 10.0. The van der Waals surface area contributed by atoms with Crippen LogP contribution in [0.4, 0.5) is 10.1 Å². The van der Waals surface area contributed by atoms with E-state index in [0.717, 1.165) is 12.8 Å². The molecule has 0 unspecified atom stereocenters. The van der Waals surface area contributed by atoms with Crippen LogP contribution >= 0.6 is 0 Å². The number of rotatable bonds is 9. The number of benzene rings is 3. The Hall–Kier alpha value is -4.31. The van der Waals surface area contributed by atoms with Crippen LogP contribution in [0.5, 0.6) is 5.75 Å². The molecule has 1 fully saturated rings. The van der Waals surface area contributed by atoms with Gasteiger partial charge < -0.3 is 14.8 Å². The van der Waals surface area contributed by atoms with Gasteiger partial charge in [-0.05, 0) is 66.9 Å². The fraction of sp³-hybridized carbons (Fsp3) is 0.286. The number of nitrogens with zero attached hydrogens (tertiary/aromatic N) is 4. The lowest BCUT2D eigenvalue weighted by molar-refractivity contribution is -0.127. The minimum atomic E-state index is -1.07. The normalized spacial score (nSPS) is 15.8. The molecule has 3 aromatic carbocycles. The van der Waals surface area contributed by atoms with Gasteiger partial charge in [0.15, 0.2) is 0 Å². The molecule has 4 aromatic rings. The van der Waals surface area contributed by atoms with Crippen LogP contribution in [0.25, 0.3) is 11.0 Å². The second-order valence-corrected chi connectivity index (χ2v) is 9.04. The van der Waals surface area contributed by atoms with Crippen molar-refractivity contribution in [2.24, 2.45) is 0 Å². The number of fused-ring (bicyclic) bond motifs is 1. The number of para-hydroxylation sites is 1. The highest BCUT2D eigenvalue weighted by molar-refractivity contribution is 6.01. The summed E-state index contributed by atoms with van der Waals surface area (Å²) in [6.07, 6.45) is 1.71. The number of nitrogens with one attached hydrogen (secondary N) is 1. The zero-order valence-electron chi connectivity index (χ0n) is 20.9. The molecule has 196 valence electrons. The molecule has 1 N–H and O–H groups in total. The Kier molecular flexibility index (Phi) is 7.60. The minimum absolute atomic E-state index is 0.0820. The molecular formula is C28H28FN5O4. The molecule has 2 atom stereocenters. The Bertz CT molecular complexity index is 1420. The van der Waals surface area contributed by atoms with E-state index in [9.17, 15) is 14.0 Å². The summed E-state index contributed by atoms with van der Waals surface area (Å²) in [5.41, 5.74) is 2.23. The molecule has 1 aliphatic rings. The molecule has 0 saturated carbocycles. The van der Waals surface area contributed by atoms with Gasteiger partial charge in [-0.25, -0.2) is 9.07 Å².